The molecule has 122 valence electrons. The van der Waals surface area contributed by atoms with Crippen molar-refractivity contribution < 1.29 is 0 Å². The molecule has 0 bridgehead atoms. The van der Waals surface area contributed by atoms with Gasteiger partial charge in [0.25, 0.3) is 0 Å². The van der Waals surface area contributed by atoms with Crippen molar-refractivity contribution in [3.63, 3.8) is 0 Å². The van der Waals surface area contributed by atoms with Crippen LogP contribution in [0.25, 0.3) is 28.3 Å². The lowest BCUT2D eigenvalue weighted by Crippen LogP contribution is -2.00. The van der Waals surface area contributed by atoms with Crippen molar-refractivity contribution in [2.24, 2.45) is 0 Å². The van der Waals surface area contributed by atoms with Crippen LogP contribution in [-0.4, -0.2) is 9.55 Å². The number of imidazole rings is 1. The first-order valence-corrected chi connectivity index (χ1v) is 8.52. The Morgan fingerprint density at radius 1 is 0.680 bits per heavy atom. The third-order valence-corrected chi connectivity index (χ3v) is 4.56. The van der Waals surface area contributed by atoms with Gasteiger partial charge >= 0.3 is 0 Å². The van der Waals surface area contributed by atoms with E-state index in [1.807, 2.05) is 12.1 Å². The van der Waals surface area contributed by atoms with E-state index >= 15 is 0 Å². The summed E-state index contributed by atoms with van der Waals surface area (Å²) in [4.78, 5) is 5.05. The molecule has 0 saturated carbocycles. The van der Waals surface area contributed by atoms with Crippen molar-refractivity contribution in [1.29, 1.82) is 0 Å². The molecule has 2 nitrogen and oxygen atoms in total. The van der Waals surface area contributed by atoms with E-state index in [0.29, 0.717) is 0 Å². The van der Waals surface area contributed by atoms with Crippen LogP contribution in [0.1, 0.15) is 11.3 Å². The summed E-state index contributed by atoms with van der Waals surface area (Å²) in [6.07, 6.45) is 0. The summed E-state index contributed by atoms with van der Waals surface area (Å²) >= 11 is 0. The quantitative estimate of drug-likeness (QED) is 0.464. The first-order valence-electron chi connectivity index (χ1n) is 8.52. The van der Waals surface area contributed by atoms with E-state index in [9.17, 15) is 0 Å². The Kier molecular flexibility index (Phi) is 3.95. The molecule has 0 N–H and O–H groups in total. The summed E-state index contributed by atoms with van der Waals surface area (Å²) in [6, 6.07) is 29.3. The van der Waals surface area contributed by atoms with Gasteiger partial charge in [-0.1, -0.05) is 72.8 Å². The average molecular weight is 324 g/mol. The number of hydrogen-bond donors (Lipinski definition) is 0. The minimum absolute atomic E-state index is 0.987. The molecule has 0 amide bonds. The maximum absolute atomic E-state index is 5.05. The van der Waals surface area contributed by atoms with Crippen LogP contribution < -0.4 is 0 Å². The van der Waals surface area contributed by atoms with Crippen molar-refractivity contribution in [1.82, 2.24) is 9.55 Å². The number of rotatable bonds is 3. The number of hydrogen-bond acceptors (Lipinski definition) is 1. The lowest BCUT2D eigenvalue weighted by molar-refractivity contribution is 1.01. The number of benzene rings is 3. The summed E-state index contributed by atoms with van der Waals surface area (Å²) in [5, 5.41) is 0. The fourth-order valence-electron chi connectivity index (χ4n) is 3.27. The number of aromatic nitrogens is 2. The van der Waals surface area contributed by atoms with Gasteiger partial charge in [0.1, 0.15) is 5.82 Å². The number of para-hydroxylation sites is 1. The van der Waals surface area contributed by atoms with E-state index in [0.717, 1.165) is 34.0 Å². The van der Waals surface area contributed by atoms with E-state index in [-0.39, 0.29) is 0 Å². The van der Waals surface area contributed by atoms with Gasteiger partial charge in [0, 0.05) is 22.5 Å². The van der Waals surface area contributed by atoms with Gasteiger partial charge in [0.05, 0.1) is 5.69 Å². The topological polar surface area (TPSA) is 17.8 Å². The van der Waals surface area contributed by atoms with Crippen LogP contribution in [0.5, 0.6) is 0 Å². The molecule has 1 heterocycles. The fourth-order valence-corrected chi connectivity index (χ4v) is 3.27. The molecule has 0 radical (unpaired) electrons. The first-order chi connectivity index (χ1) is 12.3. The monoisotopic (exact) mass is 324 g/mol. The first kappa shape index (κ1) is 15.4. The molecule has 1 aromatic heterocycles. The number of nitrogens with zero attached hydrogens (tertiary/aromatic N) is 2. The minimum Gasteiger partial charge on any atom is -0.296 e. The Labute approximate surface area is 148 Å². The highest BCUT2D eigenvalue weighted by Crippen LogP contribution is 2.32. The van der Waals surface area contributed by atoms with Crippen molar-refractivity contribution in [2.75, 3.05) is 0 Å². The Balaban J connectivity index is 2.01. The van der Waals surface area contributed by atoms with E-state index < -0.39 is 0 Å². The molecule has 4 rings (SSSR count). The van der Waals surface area contributed by atoms with Gasteiger partial charge in [0.15, 0.2) is 0 Å². The van der Waals surface area contributed by atoms with Gasteiger partial charge in [-0.25, -0.2) is 4.98 Å². The van der Waals surface area contributed by atoms with Gasteiger partial charge in [-0.2, -0.15) is 0 Å². The molecule has 0 fully saturated rings. The van der Waals surface area contributed by atoms with Crippen LogP contribution in [0.4, 0.5) is 0 Å². The van der Waals surface area contributed by atoms with Crippen LogP contribution in [0, 0.1) is 13.8 Å². The molecular weight excluding hydrogens is 304 g/mol. The average Bonchev–Trinajstić information content (AvgIpc) is 3.00. The predicted molar refractivity (Wildman–Crippen MR) is 104 cm³/mol. The molecule has 4 aromatic rings. The second-order valence-corrected chi connectivity index (χ2v) is 6.22. The highest BCUT2D eigenvalue weighted by atomic mass is 15.1. The third-order valence-electron chi connectivity index (χ3n) is 4.56. The van der Waals surface area contributed by atoms with Crippen LogP contribution in [-0.2, 0) is 0 Å². The predicted octanol–water partition coefficient (Wildman–Crippen LogP) is 5.82. The molecule has 0 saturated heterocycles. The molecule has 0 unspecified atom stereocenters. The van der Waals surface area contributed by atoms with E-state index in [4.69, 9.17) is 4.98 Å². The summed E-state index contributed by atoms with van der Waals surface area (Å²) in [5.74, 6) is 0.987. The van der Waals surface area contributed by atoms with E-state index in [2.05, 4.69) is 91.2 Å². The van der Waals surface area contributed by atoms with E-state index in [1.54, 1.807) is 0 Å². The Hall–Kier alpha value is -3.13. The molecule has 3 aromatic carbocycles. The zero-order chi connectivity index (χ0) is 17.2. The molecule has 0 aliphatic rings. The molecule has 0 atom stereocenters. The largest absolute Gasteiger partial charge is 0.296 e. The van der Waals surface area contributed by atoms with Gasteiger partial charge in [-0.3, -0.25) is 4.57 Å². The molecule has 25 heavy (non-hydrogen) atoms. The normalized spacial score (nSPS) is 10.8. The van der Waals surface area contributed by atoms with Crippen molar-refractivity contribution in [3.05, 3.63) is 96.2 Å². The number of aryl methyl sites for hydroxylation is 1. The molecule has 2 heteroatoms. The van der Waals surface area contributed by atoms with Crippen LogP contribution in [0.15, 0.2) is 84.9 Å². The third kappa shape index (κ3) is 2.76. The van der Waals surface area contributed by atoms with Crippen LogP contribution in [0.2, 0.25) is 0 Å². The Bertz CT molecular complexity index is 999. The van der Waals surface area contributed by atoms with Gasteiger partial charge in [-0.05, 0) is 31.5 Å². The van der Waals surface area contributed by atoms with Gasteiger partial charge in [0.2, 0.25) is 0 Å². The Morgan fingerprint density at radius 3 is 1.96 bits per heavy atom. The minimum atomic E-state index is 0.987. The second kappa shape index (κ2) is 6.40. The van der Waals surface area contributed by atoms with Gasteiger partial charge < -0.3 is 0 Å². The second-order valence-electron chi connectivity index (χ2n) is 6.22. The molecule has 0 aliphatic heterocycles. The summed E-state index contributed by atoms with van der Waals surface area (Å²) in [7, 11) is 0. The van der Waals surface area contributed by atoms with Crippen LogP contribution in [0.3, 0.4) is 0 Å². The SMILES string of the molecule is Cc1ccccc1-c1nc(-c2ccccc2)c(C)n1-c1ccccc1. The van der Waals surface area contributed by atoms with Gasteiger partial charge in [-0.15, -0.1) is 0 Å². The molecular formula is C23H20N2. The summed E-state index contributed by atoms with van der Waals surface area (Å²) < 4.78 is 2.25. The van der Waals surface area contributed by atoms with E-state index in [1.165, 1.54) is 5.56 Å². The highest BCUT2D eigenvalue weighted by molar-refractivity contribution is 5.71. The lowest BCUT2D eigenvalue weighted by Gasteiger charge is -2.12. The van der Waals surface area contributed by atoms with Crippen molar-refractivity contribution in [2.45, 2.75) is 13.8 Å². The fraction of sp³-hybridized carbons (Fsp3) is 0.0870. The standard InChI is InChI=1S/C23H20N2/c1-17-11-9-10-16-21(17)23-24-22(19-12-5-3-6-13-19)18(2)25(23)20-14-7-4-8-15-20/h3-16H,1-2H3. The Morgan fingerprint density at radius 2 is 1.28 bits per heavy atom. The molecule has 0 aliphatic carbocycles. The summed E-state index contributed by atoms with van der Waals surface area (Å²) in [6.45, 7) is 4.28. The molecule has 0 spiro atoms. The smallest absolute Gasteiger partial charge is 0.145 e. The zero-order valence-corrected chi connectivity index (χ0v) is 14.5. The summed E-state index contributed by atoms with van der Waals surface area (Å²) in [5.41, 5.74) is 6.84. The van der Waals surface area contributed by atoms with Crippen molar-refractivity contribution >= 4 is 0 Å². The maximum Gasteiger partial charge on any atom is 0.145 e. The lowest BCUT2D eigenvalue weighted by atomic mass is 10.1. The highest BCUT2D eigenvalue weighted by Gasteiger charge is 2.18. The zero-order valence-electron chi connectivity index (χ0n) is 14.5. The van der Waals surface area contributed by atoms with Crippen LogP contribution >= 0.6 is 0 Å². The van der Waals surface area contributed by atoms with Crippen molar-refractivity contribution in [3.8, 4) is 28.3 Å². The maximum atomic E-state index is 5.05.